The highest BCUT2D eigenvalue weighted by Gasteiger charge is 2.23. The first-order valence-corrected chi connectivity index (χ1v) is 28.3. The smallest absolute Gasteiger partial charge is 0.338 e. The van der Waals surface area contributed by atoms with Crippen LogP contribution in [0.1, 0.15) is 33.3 Å². The zero-order valence-corrected chi connectivity index (χ0v) is 51.1. The van der Waals surface area contributed by atoms with Gasteiger partial charge in [0.25, 0.3) is 22.2 Å². The Morgan fingerprint density at radius 3 is 1.26 bits per heavy atom. The van der Waals surface area contributed by atoms with Crippen LogP contribution in [0.5, 0.6) is 69.0 Å². The molecule has 0 bridgehead atoms. The second-order valence-electron chi connectivity index (χ2n) is 21.1. The number of esters is 4. The zero-order valence-electron chi connectivity index (χ0n) is 51.1. The van der Waals surface area contributed by atoms with E-state index in [4.69, 9.17) is 42.6 Å². The average molecular weight is 1280 g/mol. The van der Waals surface area contributed by atoms with E-state index in [1.165, 1.54) is 94.5 Å². The van der Waals surface area contributed by atoms with Crippen LogP contribution in [0.3, 0.4) is 0 Å². The van der Waals surface area contributed by atoms with E-state index in [1.807, 2.05) is 6.92 Å². The number of rotatable bonds is 21. The molecule has 10 aromatic rings. The van der Waals surface area contributed by atoms with Crippen LogP contribution in [0.15, 0.2) is 219 Å². The highest BCUT2D eigenvalue weighted by molar-refractivity contribution is 5.98. The summed E-state index contributed by atoms with van der Waals surface area (Å²) >= 11 is 0. The molecular formula is C72H55F3N2O17. The van der Waals surface area contributed by atoms with Crippen molar-refractivity contribution < 1.29 is 75.0 Å². The van der Waals surface area contributed by atoms with Gasteiger partial charge in [0.1, 0.15) is 59.2 Å². The van der Waals surface area contributed by atoms with Crippen LogP contribution in [-0.4, -0.2) is 46.2 Å². The molecule has 2 aromatic heterocycles. The minimum Gasteiger partial charge on any atom is -0.490 e. The van der Waals surface area contributed by atoms with Gasteiger partial charge in [-0.05, 0) is 179 Å². The maximum absolute atomic E-state index is 14.6. The Kier molecular flexibility index (Phi) is 19.9. The molecule has 19 nitrogen and oxygen atoms in total. The number of hydrogen-bond donors (Lipinski definition) is 0. The van der Waals surface area contributed by atoms with E-state index < -0.39 is 69.3 Å². The standard InChI is InChI=1S/C44H32N2O11.C28H23F3O6/c1-23(2)43(51)56-29-14-10-27(11-15-29)53-37-20-31(9-7-25(37)5)55-36-18-8-26(19-38(36)54-28-12-16-30(17-13-28)57-44(52)24(3)4)46-41(49)34-21-32-33(22-35(34)42(46)50)40(48)45(6)39(32)47;1-16(2)27(32)36-21-8-6-20(7-9-21)34-11-12-35-26-23(30)14-19(15-24(26)31)18-5-10-25(22(29)13-18)37-28(33)17(3)4/h7-22H,1,3H2,2,4-6H3;5-10,13-15H,1,3,11-12H2,2,4H3. The lowest BCUT2D eigenvalue weighted by Gasteiger charge is -2.16. The summed E-state index contributed by atoms with van der Waals surface area (Å²) in [4.78, 5) is 99.8. The first-order chi connectivity index (χ1) is 44.7. The fraction of sp³-hybridized carbons (Fsp3) is 0.111. The van der Waals surface area contributed by atoms with Crippen molar-refractivity contribution in [1.29, 1.82) is 0 Å². The van der Waals surface area contributed by atoms with Gasteiger partial charge < -0.3 is 42.6 Å². The molecule has 0 aliphatic heterocycles. The Hall–Kier alpha value is -12.3. The molecule has 0 radical (unpaired) electrons. The molecule has 8 aromatic carbocycles. The summed E-state index contributed by atoms with van der Waals surface area (Å²) < 4.78 is 95.1. The number of benzene rings is 8. The normalized spacial score (nSPS) is 10.8. The topological polar surface area (TPSA) is 229 Å². The van der Waals surface area contributed by atoms with E-state index in [1.54, 1.807) is 73.7 Å². The minimum absolute atomic E-state index is 0.0207. The molecule has 0 saturated carbocycles. The number of fused-ring (bicyclic) bond motifs is 2. The van der Waals surface area contributed by atoms with Crippen LogP contribution in [-0.2, 0) is 26.2 Å². The maximum atomic E-state index is 14.6. The highest BCUT2D eigenvalue weighted by Crippen LogP contribution is 2.40. The summed E-state index contributed by atoms with van der Waals surface area (Å²) in [6.07, 6.45) is 0. The second-order valence-corrected chi connectivity index (χ2v) is 21.1. The quantitative estimate of drug-likeness (QED) is 0.0282. The van der Waals surface area contributed by atoms with E-state index in [2.05, 4.69) is 26.3 Å². The molecule has 2 heterocycles. The average Bonchev–Trinajstić information content (AvgIpc) is 1.58. The Morgan fingerprint density at radius 2 is 0.777 bits per heavy atom. The van der Waals surface area contributed by atoms with E-state index >= 15 is 0 Å². The first kappa shape index (κ1) is 66.1. The number of nitrogens with zero attached hydrogens (tertiary/aromatic N) is 2. The molecule has 94 heavy (non-hydrogen) atoms. The largest absolute Gasteiger partial charge is 0.490 e. The number of aromatic nitrogens is 2. The minimum atomic E-state index is -0.989. The Balaban J connectivity index is 0.000000243. The number of carbonyl (C=O) groups is 4. The summed E-state index contributed by atoms with van der Waals surface area (Å²) in [6.45, 7) is 21.8. The van der Waals surface area contributed by atoms with E-state index in [0.29, 0.717) is 34.5 Å². The van der Waals surface area contributed by atoms with Crippen LogP contribution in [0.25, 0.3) is 38.4 Å². The van der Waals surface area contributed by atoms with Crippen molar-refractivity contribution in [3.05, 3.63) is 265 Å². The fourth-order valence-corrected chi connectivity index (χ4v) is 8.72. The van der Waals surface area contributed by atoms with E-state index in [0.717, 1.165) is 32.9 Å². The summed E-state index contributed by atoms with van der Waals surface area (Å²) in [5.74, 6) is -3.16. The summed E-state index contributed by atoms with van der Waals surface area (Å²) in [5.41, 5.74) is -0.566. The van der Waals surface area contributed by atoms with Crippen molar-refractivity contribution in [2.45, 2.75) is 34.6 Å². The molecule has 22 heteroatoms. The molecule has 0 spiro atoms. The molecule has 0 unspecified atom stereocenters. The predicted octanol–water partition coefficient (Wildman–Crippen LogP) is 13.3. The number of halogens is 3. The highest BCUT2D eigenvalue weighted by atomic mass is 19.1. The third-order valence-electron chi connectivity index (χ3n) is 13.7. The van der Waals surface area contributed by atoms with Crippen molar-refractivity contribution in [3.63, 3.8) is 0 Å². The SMILES string of the molecule is C=C(C)C(=O)Oc1ccc(OCCOc2c(F)cc(-c3ccc(OC(=O)C(=C)C)c(F)c3)cc2F)cc1.C=C(C)C(=O)Oc1ccc(Oc2cc(Oc3ccc(-n4c(=O)c5cc6c(=O)n(C)c(=O)c6cc5c4=O)cc3Oc3ccc(OC(=O)C(=C)C)cc3)ccc2C)cc1. The van der Waals surface area contributed by atoms with Crippen molar-refractivity contribution in [2.75, 3.05) is 13.2 Å². The van der Waals surface area contributed by atoms with Crippen molar-refractivity contribution >= 4 is 45.4 Å². The molecule has 0 aliphatic carbocycles. The predicted molar refractivity (Wildman–Crippen MR) is 342 cm³/mol. The monoisotopic (exact) mass is 1280 g/mol. The van der Waals surface area contributed by atoms with Crippen LogP contribution in [0.4, 0.5) is 13.2 Å². The number of hydrogen-bond acceptors (Lipinski definition) is 17. The van der Waals surface area contributed by atoms with Gasteiger partial charge in [-0.2, -0.15) is 0 Å². The van der Waals surface area contributed by atoms with Crippen LogP contribution in [0, 0.1) is 24.4 Å². The van der Waals surface area contributed by atoms with Gasteiger partial charge >= 0.3 is 23.9 Å². The third kappa shape index (κ3) is 15.3. The van der Waals surface area contributed by atoms with Gasteiger partial charge in [0.15, 0.2) is 40.4 Å². The van der Waals surface area contributed by atoms with Crippen LogP contribution >= 0.6 is 0 Å². The Morgan fingerprint density at radius 1 is 0.383 bits per heavy atom. The summed E-state index contributed by atoms with van der Waals surface area (Å²) in [7, 11) is 1.33. The molecule has 476 valence electrons. The number of ether oxygens (including phenoxy) is 9. The fourth-order valence-electron chi connectivity index (χ4n) is 8.72. The summed E-state index contributed by atoms with van der Waals surface area (Å²) in [6, 6.07) is 36.5. The van der Waals surface area contributed by atoms with Gasteiger partial charge in [-0.15, -0.1) is 0 Å². The van der Waals surface area contributed by atoms with Gasteiger partial charge in [0, 0.05) is 41.5 Å². The molecule has 0 fully saturated rings. The van der Waals surface area contributed by atoms with Crippen LogP contribution in [0.2, 0.25) is 0 Å². The van der Waals surface area contributed by atoms with E-state index in [-0.39, 0.29) is 103 Å². The van der Waals surface area contributed by atoms with Gasteiger partial charge in [0.05, 0.1) is 27.2 Å². The zero-order chi connectivity index (χ0) is 67.8. The molecular weight excluding hydrogens is 1220 g/mol. The Labute approximate surface area is 532 Å². The van der Waals surface area contributed by atoms with Crippen molar-refractivity contribution in [1.82, 2.24) is 9.13 Å². The lowest BCUT2D eigenvalue weighted by Crippen LogP contribution is -2.23. The third-order valence-corrected chi connectivity index (χ3v) is 13.7. The second kappa shape index (κ2) is 28.2. The number of aryl methyl sites for hydroxylation is 1. The van der Waals surface area contributed by atoms with Gasteiger partial charge in [-0.25, -0.2) is 36.9 Å². The van der Waals surface area contributed by atoms with Crippen molar-refractivity contribution in [2.24, 2.45) is 7.05 Å². The number of carbonyl (C=O) groups excluding carboxylic acids is 4. The molecule has 10 rings (SSSR count). The molecule has 0 N–H and O–H groups in total. The molecule has 0 atom stereocenters. The van der Waals surface area contributed by atoms with Gasteiger partial charge in [0.2, 0.25) is 0 Å². The lowest BCUT2D eigenvalue weighted by atomic mass is 10.0. The lowest BCUT2D eigenvalue weighted by molar-refractivity contribution is -0.131. The molecule has 0 saturated heterocycles. The molecule has 0 amide bonds. The van der Waals surface area contributed by atoms with Gasteiger partial charge in [-0.1, -0.05) is 38.4 Å². The molecule has 0 aliphatic rings. The maximum Gasteiger partial charge on any atom is 0.338 e. The van der Waals surface area contributed by atoms with Crippen LogP contribution < -0.4 is 64.9 Å². The Bertz CT molecular complexity index is 4840. The summed E-state index contributed by atoms with van der Waals surface area (Å²) in [5, 5.41) is 0.0362. The van der Waals surface area contributed by atoms with Crippen molar-refractivity contribution in [3.8, 4) is 85.8 Å². The van der Waals surface area contributed by atoms with E-state index in [9.17, 15) is 51.5 Å². The van der Waals surface area contributed by atoms with Gasteiger partial charge in [-0.3, -0.25) is 23.7 Å². The first-order valence-electron chi connectivity index (χ1n) is 28.3.